The summed E-state index contributed by atoms with van der Waals surface area (Å²) in [5, 5.41) is 23.7. The summed E-state index contributed by atoms with van der Waals surface area (Å²) in [5.41, 5.74) is 0.688. The van der Waals surface area contributed by atoms with Crippen molar-refractivity contribution < 1.29 is 24.5 Å². The molecule has 1 amide bonds. The first kappa shape index (κ1) is 13.9. The Balaban J connectivity index is 2.98. The lowest BCUT2D eigenvalue weighted by Gasteiger charge is -2.14. The maximum atomic E-state index is 11.1. The number of aliphatic hydroxyl groups is 1. The van der Waals surface area contributed by atoms with Crippen molar-refractivity contribution in [3.63, 3.8) is 0 Å². The molecule has 1 aromatic rings. The number of hydrogen-bond acceptors (Lipinski definition) is 6. The molecule has 100 valence electrons. The van der Waals surface area contributed by atoms with Crippen molar-refractivity contribution in [2.45, 2.75) is 0 Å². The topological polar surface area (TPSA) is 100 Å². The molecule has 1 aromatic carbocycles. The number of aromatic hydroxyl groups is 1. The maximum absolute atomic E-state index is 11.1. The minimum absolute atomic E-state index is 0.0495. The third-order valence-electron chi connectivity index (χ3n) is 2.17. The van der Waals surface area contributed by atoms with E-state index in [0.717, 1.165) is 0 Å². The van der Waals surface area contributed by atoms with E-state index in [1.54, 1.807) is 0 Å². The average Bonchev–Trinajstić information content (AvgIpc) is 2.38. The molecule has 0 aliphatic carbocycles. The van der Waals surface area contributed by atoms with Crippen LogP contribution in [0, 0.1) is 0 Å². The van der Waals surface area contributed by atoms with E-state index in [-0.39, 0.29) is 18.0 Å². The van der Waals surface area contributed by atoms with Gasteiger partial charge in [0.15, 0.2) is 0 Å². The van der Waals surface area contributed by atoms with Gasteiger partial charge >= 0.3 is 6.09 Å². The second-order valence-corrected chi connectivity index (χ2v) is 3.34. The lowest BCUT2D eigenvalue weighted by molar-refractivity contribution is 0.187. The van der Waals surface area contributed by atoms with Crippen LogP contribution in [0.1, 0.15) is 0 Å². The molecule has 0 aliphatic heterocycles. The van der Waals surface area contributed by atoms with E-state index in [9.17, 15) is 9.90 Å². The molecule has 0 saturated heterocycles. The molecule has 0 saturated carbocycles. The average molecular weight is 256 g/mol. The molecule has 0 spiro atoms. The number of carbonyl (C=O) groups is 1. The van der Waals surface area contributed by atoms with Crippen LogP contribution in [0.15, 0.2) is 12.1 Å². The first-order chi connectivity index (χ1) is 8.62. The minimum atomic E-state index is -0.691. The smallest absolute Gasteiger partial charge is 0.411 e. The van der Waals surface area contributed by atoms with Gasteiger partial charge in [-0.3, -0.25) is 5.32 Å². The number of benzene rings is 1. The molecule has 0 fully saturated rings. The zero-order valence-electron chi connectivity index (χ0n) is 10.2. The van der Waals surface area contributed by atoms with E-state index in [1.807, 2.05) is 0 Å². The summed E-state index contributed by atoms with van der Waals surface area (Å²) < 4.78 is 9.53. The van der Waals surface area contributed by atoms with Crippen LogP contribution in [0.5, 0.6) is 11.5 Å². The molecular formula is C11H16N2O5. The minimum Gasteiger partial charge on any atom is -0.506 e. The Morgan fingerprint density at radius 3 is 2.61 bits per heavy atom. The number of hydrogen-bond donors (Lipinski definition) is 4. The third kappa shape index (κ3) is 3.42. The molecule has 0 bridgehead atoms. The van der Waals surface area contributed by atoms with Crippen molar-refractivity contribution >= 4 is 17.5 Å². The molecule has 0 atom stereocenters. The highest BCUT2D eigenvalue weighted by molar-refractivity contribution is 5.88. The summed E-state index contributed by atoms with van der Waals surface area (Å²) in [6.45, 7) is 0.269. The highest BCUT2D eigenvalue weighted by Crippen LogP contribution is 2.35. The number of phenolic OH excluding ortho intramolecular Hbond substituents is 1. The highest BCUT2D eigenvalue weighted by Gasteiger charge is 2.12. The largest absolute Gasteiger partial charge is 0.506 e. The van der Waals surface area contributed by atoms with Crippen molar-refractivity contribution in [1.82, 2.24) is 0 Å². The van der Waals surface area contributed by atoms with E-state index in [0.29, 0.717) is 18.0 Å². The molecule has 7 nitrogen and oxygen atoms in total. The standard InChI is InChI=1S/C11H16N2O5/c1-17-10-6-7(13-11(16)18-2)9(15)5-8(10)12-3-4-14/h5-6,12,14-15H,3-4H2,1-2H3,(H,13,16). The van der Waals surface area contributed by atoms with Crippen LogP contribution in [0.25, 0.3) is 0 Å². The first-order valence-electron chi connectivity index (χ1n) is 5.23. The van der Waals surface area contributed by atoms with Crippen LogP contribution in [0.2, 0.25) is 0 Å². The van der Waals surface area contributed by atoms with Gasteiger partial charge in [0.05, 0.1) is 32.2 Å². The van der Waals surface area contributed by atoms with Gasteiger partial charge in [0.1, 0.15) is 11.5 Å². The van der Waals surface area contributed by atoms with Gasteiger partial charge in [-0.2, -0.15) is 0 Å². The third-order valence-corrected chi connectivity index (χ3v) is 2.17. The van der Waals surface area contributed by atoms with Crippen molar-refractivity contribution in [1.29, 1.82) is 0 Å². The predicted octanol–water partition coefficient (Wildman–Crippen LogP) is 0.983. The number of methoxy groups -OCH3 is 2. The Morgan fingerprint density at radius 2 is 2.06 bits per heavy atom. The SMILES string of the molecule is COC(=O)Nc1cc(OC)c(NCCO)cc1O. The normalized spacial score (nSPS) is 9.72. The Kier molecular flexibility index (Phi) is 5.06. The second-order valence-electron chi connectivity index (χ2n) is 3.34. The van der Waals surface area contributed by atoms with Gasteiger partial charge in [-0.05, 0) is 0 Å². The van der Waals surface area contributed by atoms with Gasteiger partial charge in [-0.1, -0.05) is 0 Å². The van der Waals surface area contributed by atoms with Crippen LogP contribution < -0.4 is 15.4 Å². The van der Waals surface area contributed by atoms with Gasteiger partial charge < -0.3 is 25.0 Å². The summed E-state index contributed by atoms with van der Waals surface area (Å²) in [5.74, 6) is 0.286. The lowest BCUT2D eigenvalue weighted by atomic mass is 10.2. The quantitative estimate of drug-likeness (QED) is 0.586. The number of anilines is 2. The zero-order chi connectivity index (χ0) is 13.5. The number of phenols is 1. The van der Waals surface area contributed by atoms with Crippen molar-refractivity contribution in [2.75, 3.05) is 38.0 Å². The fourth-order valence-corrected chi connectivity index (χ4v) is 1.33. The predicted molar refractivity (Wildman–Crippen MR) is 66.3 cm³/mol. The Bertz CT molecular complexity index is 422. The molecule has 0 unspecified atom stereocenters. The van der Waals surface area contributed by atoms with Gasteiger partial charge in [-0.25, -0.2) is 4.79 Å². The summed E-state index contributed by atoms with van der Waals surface area (Å²) in [4.78, 5) is 11.1. The number of rotatable bonds is 5. The van der Waals surface area contributed by atoms with Gasteiger partial charge in [0.2, 0.25) is 0 Å². The van der Waals surface area contributed by atoms with Crippen molar-refractivity contribution in [3.05, 3.63) is 12.1 Å². The van der Waals surface area contributed by atoms with E-state index in [4.69, 9.17) is 9.84 Å². The van der Waals surface area contributed by atoms with Gasteiger partial charge in [0, 0.05) is 18.7 Å². The molecule has 0 aliphatic rings. The van der Waals surface area contributed by atoms with Crippen LogP contribution in [0.4, 0.5) is 16.2 Å². The van der Waals surface area contributed by atoms with E-state index in [1.165, 1.54) is 26.4 Å². The number of aliphatic hydroxyl groups excluding tert-OH is 1. The Labute approximate surface area is 104 Å². The Morgan fingerprint density at radius 1 is 1.33 bits per heavy atom. The van der Waals surface area contributed by atoms with Gasteiger partial charge in [0.25, 0.3) is 0 Å². The van der Waals surface area contributed by atoms with Crippen LogP contribution >= 0.6 is 0 Å². The summed E-state index contributed by atoms with van der Waals surface area (Å²) >= 11 is 0. The maximum Gasteiger partial charge on any atom is 0.411 e. The molecule has 4 N–H and O–H groups in total. The molecule has 0 aromatic heterocycles. The van der Waals surface area contributed by atoms with E-state index < -0.39 is 6.09 Å². The Hall–Kier alpha value is -2.15. The number of nitrogens with one attached hydrogen (secondary N) is 2. The van der Waals surface area contributed by atoms with E-state index >= 15 is 0 Å². The number of carbonyl (C=O) groups excluding carboxylic acids is 1. The van der Waals surface area contributed by atoms with Crippen LogP contribution in [0.3, 0.4) is 0 Å². The molecule has 7 heteroatoms. The molecule has 18 heavy (non-hydrogen) atoms. The van der Waals surface area contributed by atoms with E-state index in [2.05, 4.69) is 15.4 Å². The molecule has 0 heterocycles. The molecule has 0 radical (unpaired) electrons. The first-order valence-corrected chi connectivity index (χ1v) is 5.23. The number of amides is 1. The summed E-state index contributed by atoms with van der Waals surface area (Å²) in [6, 6.07) is 2.84. The zero-order valence-corrected chi connectivity index (χ0v) is 10.2. The molecular weight excluding hydrogens is 240 g/mol. The van der Waals surface area contributed by atoms with Crippen molar-refractivity contribution in [3.8, 4) is 11.5 Å². The second kappa shape index (κ2) is 6.55. The lowest BCUT2D eigenvalue weighted by Crippen LogP contribution is -2.12. The van der Waals surface area contributed by atoms with Crippen LogP contribution in [-0.4, -0.2) is 43.7 Å². The summed E-state index contributed by atoms with van der Waals surface area (Å²) in [7, 11) is 2.68. The van der Waals surface area contributed by atoms with Crippen molar-refractivity contribution in [2.24, 2.45) is 0 Å². The van der Waals surface area contributed by atoms with Gasteiger partial charge in [-0.15, -0.1) is 0 Å². The number of ether oxygens (including phenoxy) is 2. The molecule has 1 rings (SSSR count). The fraction of sp³-hybridized carbons (Fsp3) is 0.364. The van der Waals surface area contributed by atoms with Crippen LogP contribution in [-0.2, 0) is 4.74 Å². The monoisotopic (exact) mass is 256 g/mol. The highest BCUT2D eigenvalue weighted by atomic mass is 16.5. The fourth-order valence-electron chi connectivity index (χ4n) is 1.33. The summed E-state index contributed by atoms with van der Waals surface area (Å²) in [6.07, 6.45) is -0.691.